The number of rotatable bonds is 11. The first-order chi connectivity index (χ1) is 18.5. The highest BCUT2D eigenvalue weighted by Gasteiger charge is 2.25. The number of ether oxygens (including phenoxy) is 2. The molecular formula is C28H36N2O8S2. The number of hydrogen-bond acceptors (Lipinski definition) is 8. The van der Waals surface area contributed by atoms with E-state index in [9.17, 15) is 29.4 Å². The Balaban J connectivity index is 1.91. The topological polar surface area (TPSA) is 151 Å². The number of hydrogen-bond donors (Lipinski definition) is 4. The van der Waals surface area contributed by atoms with Gasteiger partial charge in [0.25, 0.3) is 0 Å². The number of aliphatic carboxylic acids is 2. The van der Waals surface area contributed by atoms with E-state index in [1.54, 1.807) is 41.5 Å². The molecule has 0 aliphatic heterocycles. The molecule has 0 spiro atoms. The molecule has 0 aromatic heterocycles. The lowest BCUT2D eigenvalue weighted by atomic mass is 10.1. The van der Waals surface area contributed by atoms with Gasteiger partial charge in [0.2, 0.25) is 0 Å². The van der Waals surface area contributed by atoms with Gasteiger partial charge in [0.1, 0.15) is 23.3 Å². The molecule has 2 rings (SSSR count). The summed E-state index contributed by atoms with van der Waals surface area (Å²) in [7, 11) is 3.01. The molecule has 218 valence electrons. The van der Waals surface area contributed by atoms with Gasteiger partial charge in [-0.2, -0.15) is 0 Å². The van der Waals surface area contributed by atoms with Gasteiger partial charge in [-0.15, -0.1) is 0 Å². The van der Waals surface area contributed by atoms with Crippen LogP contribution in [0, 0.1) is 0 Å². The Kier molecular flexibility index (Phi) is 11.7. The number of benzene rings is 2. The number of carbonyl (C=O) groups excluding carboxylic acids is 2. The molecule has 2 unspecified atom stereocenters. The average Bonchev–Trinajstić information content (AvgIpc) is 2.81. The maximum absolute atomic E-state index is 12.0. The van der Waals surface area contributed by atoms with E-state index in [2.05, 4.69) is 10.6 Å². The van der Waals surface area contributed by atoms with Gasteiger partial charge in [0.15, 0.2) is 0 Å². The monoisotopic (exact) mass is 592 g/mol. The summed E-state index contributed by atoms with van der Waals surface area (Å²) in [5, 5.41) is 23.8. The lowest BCUT2D eigenvalue weighted by Crippen LogP contribution is -2.44. The van der Waals surface area contributed by atoms with Crippen molar-refractivity contribution in [3.8, 4) is 0 Å². The van der Waals surface area contributed by atoms with Crippen molar-refractivity contribution in [2.24, 2.45) is 0 Å². The molecule has 40 heavy (non-hydrogen) atoms. The summed E-state index contributed by atoms with van der Waals surface area (Å²) in [6.45, 7) is 10.2. The minimum absolute atomic E-state index is 0.105. The van der Waals surface area contributed by atoms with Crippen molar-refractivity contribution in [2.45, 2.75) is 87.5 Å². The first-order valence-corrected chi connectivity index (χ1v) is 14.6. The maximum atomic E-state index is 12.0. The first kappa shape index (κ1) is 32.8. The number of carboxylic acids is 2. The number of carbonyl (C=O) groups is 4. The fraction of sp³-hybridized carbons (Fsp3) is 0.429. The normalized spacial score (nSPS) is 13.1. The molecule has 12 heteroatoms. The highest BCUT2D eigenvalue weighted by Crippen LogP contribution is 2.37. The van der Waals surface area contributed by atoms with Gasteiger partial charge >= 0.3 is 24.1 Å². The van der Waals surface area contributed by atoms with Crippen molar-refractivity contribution >= 4 is 45.7 Å². The third-order valence-corrected chi connectivity index (χ3v) is 7.36. The van der Waals surface area contributed by atoms with Crippen molar-refractivity contribution in [1.29, 1.82) is 0 Å². The Morgan fingerprint density at radius 3 is 1.20 bits per heavy atom. The zero-order valence-corrected chi connectivity index (χ0v) is 25.0. The van der Waals surface area contributed by atoms with E-state index >= 15 is 0 Å². The van der Waals surface area contributed by atoms with Crippen LogP contribution in [-0.2, 0) is 31.9 Å². The Labute approximate surface area is 242 Å². The highest BCUT2D eigenvalue weighted by atomic mass is 33.1. The molecule has 0 saturated heterocycles. The Bertz CT molecular complexity index is 1080. The Morgan fingerprint density at radius 2 is 0.950 bits per heavy atom. The van der Waals surface area contributed by atoms with Crippen LogP contribution in [0.5, 0.6) is 0 Å². The molecule has 2 amide bonds. The molecule has 0 fully saturated rings. The van der Waals surface area contributed by atoms with E-state index in [4.69, 9.17) is 9.47 Å². The third-order valence-electron chi connectivity index (χ3n) is 4.94. The van der Waals surface area contributed by atoms with Gasteiger partial charge in [0, 0.05) is 22.6 Å². The molecule has 0 heterocycles. The fourth-order valence-electron chi connectivity index (χ4n) is 3.23. The average molecular weight is 593 g/mol. The minimum atomic E-state index is -1.15. The highest BCUT2D eigenvalue weighted by molar-refractivity contribution is 8.76. The van der Waals surface area contributed by atoms with Crippen LogP contribution in [0.1, 0.15) is 52.7 Å². The Morgan fingerprint density at radius 1 is 0.650 bits per heavy atom. The van der Waals surface area contributed by atoms with Crippen LogP contribution >= 0.6 is 21.6 Å². The zero-order chi connectivity index (χ0) is 30.1. The summed E-state index contributed by atoms with van der Waals surface area (Å²) in [5.74, 6) is -2.31. The second kappa shape index (κ2) is 14.3. The summed E-state index contributed by atoms with van der Waals surface area (Å²) in [6.07, 6.45) is -1.36. The van der Waals surface area contributed by atoms with Crippen LogP contribution in [0.2, 0.25) is 0 Å². The van der Waals surface area contributed by atoms with Gasteiger partial charge in [-0.1, -0.05) is 45.9 Å². The molecule has 2 aromatic rings. The van der Waals surface area contributed by atoms with Gasteiger partial charge in [-0.25, -0.2) is 19.2 Å². The lowest BCUT2D eigenvalue weighted by Gasteiger charge is -2.22. The molecule has 2 aromatic carbocycles. The number of alkyl carbamates (subject to hydrolysis) is 2. The molecule has 4 N–H and O–H groups in total. The fourth-order valence-corrected chi connectivity index (χ4v) is 5.16. The van der Waals surface area contributed by atoms with Crippen molar-refractivity contribution in [2.75, 3.05) is 0 Å². The minimum Gasteiger partial charge on any atom is -0.480 e. The van der Waals surface area contributed by atoms with E-state index < -0.39 is 47.4 Å². The maximum Gasteiger partial charge on any atom is 0.408 e. The van der Waals surface area contributed by atoms with Crippen molar-refractivity contribution in [3.63, 3.8) is 0 Å². The molecule has 0 aliphatic rings. The van der Waals surface area contributed by atoms with Gasteiger partial charge in [-0.05, 0) is 76.9 Å². The summed E-state index contributed by atoms with van der Waals surface area (Å²) in [5.41, 5.74) is 0.0265. The predicted octanol–water partition coefficient (Wildman–Crippen LogP) is 5.53. The SMILES string of the molecule is CC(C)(C)OC(=O)NC(Cc1ccc(SSc2ccc(CC(NC(=O)OC(C)(C)C)C(=O)O)cc2)cc1)C(=O)O. The first-order valence-electron chi connectivity index (χ1n) is 12.5. The summed E-state index contributed by atoms with van der Waals surface area (Å²) < 4.78 is 10.3. The Hall–Kier alpha value is -3.38. The van der Waals surface area contributed by atoms with Crippen LogP contribution in [0.15, 0.2) is 58.3 Å². The number of nitrogens with one attached hydrogen (secondary N) is 2. The van der Waals surface area contributed by atoms with Crippen molar-refractivity contribution in [3.05, 3.63) is 59.7 Å². The molecule has 0 aliphatic carbocycles. The van der Waals surface area contributed by atoms with Crippen molar-refractivity contribution < 1.29 is 38.9 Å². The van der Waals surface area contributed by atoms with Gasteiger partial charge in [-0.3, -0.25) is 0 Å². The molecule has 0 saturated carbocycles. The van der Waals surface area contributed by atoms with E-state index in [0.29, 0.717) is 0 Å². The number of amides is 2. The van der Waals surface area contributed by atoms with Crippen molar-refractivity contribution in [1.82, 2.24) is 10.6 Å². The van der Waals surface area contributed by atoms with E-state index in [-0.39, 0.29) is 12.8 Å². The standard InChI is InChI=1S/C28H36N2O8S2/c1-27(2,3)37-25(35)29-21(23(31)32)15-17-7-11-19(12-8-17)39-40-20-13-9-18(10-14-20)16-22(24(33)34)30-26(36)38-28(4,5)6/h7-14,21-22H,15-16H2,1-6H3,(H,29,35)(H,30,36)(H,31,32)(H,33,34). The van der Waals surface area contributed by atoms with Crippen LogP contribution < -0.4 is 10.6 Å². The van der Waals surface area contributed by atoms with Crippen LogP contribution in [0.4, 0.5) is 9.59 Å². The summed E-state index contributed by atoms with van der Waals surface area (Å²) in [4.78, 5) is 49.1. The smallest absolute Gasteiger partial charge is 0.408 e. The third kappa shape index (κ3) is 12.6. The van der Waals surface area contributed by atoms with Gasteiger partial charge in [0.05, 0.1) is 0 Å². The summed E-state index contributed by atoms with van der Waals surface area (Å²) in [6, 6.07) is 12.5. The van der Waals surface area contributed by atoms with Crippen LogP contribution in [0.25, 0.3) is 0 Å². The number of carboxylic acid groups (broad SMARTS) is 2. The summed E-state index contributed by atoms with van der Waals surface area (Å²) >= 11 is 0. The molecule has 0 bridgehead atoms. The van der Waals surface area contributed by atoms with E-state index in [1.165, 1.54) is 21.6 Å². The van der Waals surface area contributed by atoms with Gasteiger partial charge < -0.3 is 30.3 Å². The largest absolute Gasteiger partial charge is 0.480 e. The lowest BCUT2D eigenvalue weighted by molar-refractivity contribution is -0.140. The molecule has 0 radical (unpaired) electrons. The zero-order valence-electron chi connectivity index (χ0n) is 23.3. The quantitative estimate of drug-likeness (QED) is 0.245. The van der Waals surface area contributed by atoms with Crippen LogP contribution in [0.3, 0.4) is 0 Å². The van der Waals surface area contributed by atoms with Crippen LogP contribution in [-0.4, -0.2) is 57.6 Å². The van der Waals surface area contributed by atoms with E-state index in [1.807, 2.05) is 48.5 Å². The second-order valence-electron chi connectivity index (χ2n) is 10.9. The molecular weight excluding hydrogens is 556 g/mol. The molecule has 2 atom stereocenters. The molecule has 10 nitrogen and oxygen atoms in total. The second-order valence-corrected chi connectivity index (χ2v) is 13.2. The predicted molar refractivity (Wildman–Crippen MR) is 154 cm³/mol. The van der Waals surface area contributed by atoms with E-state index in [0.717, 1.165) is 20.9 Å².